The second-order valence-electron chi connectivity index (χ2n) is 4.96. The lowest BCUT2D eigenvalue weighted by molar-refractivity contribution is -0.121. The lowest BCUT2D eigenvalue weighted by Crippen LogP contribution is -2.22. The average molecular weight is 271 g/mol. The van der Waals surface area contributed by atoms with Crippen molar-refractivity contribution in [2.24, 2.45) is 0 Å². The van der Waals surface area contributed by atoms with Gasteiger partial charge in [0.05, 0.1) is 0 Å². The Hall–Kier alpha value is -1.75. The number of unbranched alkanes of at least 4 members (excludes halogenated alkanes) is 5. The first-order chi connectivity index (χ1) is 9.83. The van der Waals surface area contributed by atoms with E-state index in [1.54, 1.807) is 0 Å². The molecule has 1 aromatic rings. The Labute approximate surface area is 123 Å². The molecule has 0 atom stereocenters. The third-order valence-corrected chi connectivity index (χ3v) is 3.21. The Morgan fingerprint density at radius 2 is 1.75 bits per heavy atom. The second kappa shape index (κ2) is 11.1. The van der Waals surface area contributed by atoms with E-state index in [2.05, 4.69) is 17.2 Å². The largest absolute Gasteiger partial charge is 0.352 e. The summed E-state index contributed by atoms with van der Waals surface area (Å²) in [5, 5.41) is 2.96. The van der Waals surface area contributed by atoms with Gasteiger partial charge in [-0.1, -0.05) is 49.6 Å². The Bertz CT molecular complexity index is 428. The summed E-state index contributed by atoms with van der Waals surface area (Å²) in [4.78, 5) is 11.7. The highest BCUT2D eigenvalue weighted by atomic mass is 16.1. The van der Waals surface area contributed by atoms with E-state index in [0.717, 1.165) is 24.8 Å². The summed E-state index contributed by atoms with van der Waals surface area (Å²) < 4.78 is 0. The topological polar surface area (TPSA) is 29.1 Å². The van der Waals surface area contributed by atoms with Gasteiger partial charge in [-0.25, -0.2) is 0 Å². The maximum Gasteiger partial charge on any atom is 0.220 e. The molecule has 0 aliphatic carbocycles. The molecule has 1 aromatic carbocycles. The number of carbonyl (C=O) groups is 1. The van der Waals surface area contributed by atoms with E-state index in [1.165, 1.54) is 19.3 Å². The van der Waals surface area contributed by atoms with E-state index in [-0.39, 0.29) is 5.91 Å². The van der Waals surface area contributed by atoms with Crippen molar-refractivity contribution in [2.45, 2.75) is 58.4 Å². The summed E-state index contributed by atoms with van der Waals surface area (Å²) in [5.41, 5.74) is 1.15. The maximum atomic E-state index is 11.7. The Morgan fingerprint density at radius 3 is 2.50 bits per heavy atom. The van der Waals surface area contributed by atoms with Crippen molar-refractivity contribution in [3.63, 3.8) is 0 Å². The summed E-state index contributed by atoms with van der Waals surface area (Å²) in [5.74, 6) is 6.14. The normalized spacial score (nSPS) is 9.65. The van der Waals surface area contributed by atoms with Crippen LogP contribution in [0.4, 0.5) is 0 Å². The first-order valence-electron chi connectivity index (χ1n) is 7.53. The van der Waals surface area contributed by atoms with Gasteiger partial charge in [0.25, 0.3) is 0 Å². The molecule has 0 saturated carbocycles. The zero-order valence-electron chi connectivity index (χ0n) is 12.5. The molecule has 2 nitrogen and oxygen atoms in total. The third kappa shape index (κ3) is 8.37. The van der Waals surface area contributed by atoms with Crippen molar-refractivity contribution in [1.82, 2.24) is 5.32 Å². The Balaban J connectivity index is 1.96. The predicted molar refractivity (Wildman–Crippen MR) is 84.1 cm³/mol. The second-order valence-corrected chi connectivity index (χ2v) is 4.96. The molecule has 1 amide bonds. The van der Waals surface area contributed by atoms with Crippen molar-refractivity contribution >= 4 is 5.91 Å². The number of amides is 1. The van der Waals surface area contributed by atoms with Gasteiger partial charge in [0.15, 0.2) is 0 Å². The lowest BCUT2D eigenvalue weighted by Gasteiger charge is -2.05. The molecule has 0 bridgehead atoms. The van der Waals surface area contributed by atoms with Crippen molar-refractivity contribution in [3.05, 3.63) is 35.9 Å². The van der Waals surface area contributed by atoms with Crippen LogP contribution in [-0.2, 0) is 11.3 Å². The molecule has 0 aromatic heterocycles. The number of nitrogens with one attached hydrogen (secondary N) is 1. The van der Waals surface area contributed by atoms with Crippen LogP contribution < -0.4 is 5.32 Å². The molecule has 0 unspecified atom stereocenters. The molecular formula is C18H25NO. The fraction of sp³-hybridized carbons (Fsp3) is 0.500. The van der Waals surface area contributed by atoms with Crippen LogP contribution in [0, 0.1) is 11.8 Å². The summed E-state index contributed by atoms with van der Waals surface area (Å²) in [6.45, 7) is 2.52. The van der Waals surface area contributed by atoms with Gasteiger partial charge in [0.2, 0.25) is 5.91 Å². The lowest BCUT2D eigenvalue weighted by atomic mass is 10.1. The zero-order chi connectivity index (χ0) is 14.5. The molecule has 0 heterocycles. The van der Waals surface area contributed by atoms with Crippen LogP contribution in [0.15, 0.2) is 30.3 Å². The number of carbonyl (C=O) groups excluding carboxylic acids is 1. The molecule has 20 heavy (non-hydrogen) atoms. The SMILES string of the molecule is CC#CCCCCCCCC(=O)NCc1ccccc1. The van der Waals surface area contributed by atoms with Crippen molar-refractivity contribution in [3.8, 4) is 11.8 Å². The molecule has 2 heteroatoms. The highest BCUT2D eigenvalue weighted by Crippen LogP contribution is 2.07. The Kier molecular flexibility index (Phi) is 9.06. The van der Waals surface area contributed by atoms with Gasteiger partial charge >= 0.3 is 0 Å². The van der Waals surface area contributed by atoms with Gasteiger partial charge < -0.3 is 5.32 Å². The Morgan fingerprint density at radius 1 is 1.05 bits per heavy atom. The molecule has 1 rings (SSSR count). The fourth-order valence-corrected chi connectivity index (χ4v) is 2.04. The van der Waals surface area contributed by atoms with Crippen LogP contribution in [0.2, 0.25) is 0 Å². The van der Waals surface area contributed by atoms with E-state index < -0.39 is 0 Å². The van der Waals surface area contributed by atoms with Crippen LogP contribution in [0.5, 0.6) is 0 Å². The van der Waals surface area contributed by atoms with Gasteiger partial charge in [0.1, 0.15) is 0 Å². The molecular weight excluding hydrogens is 246 g/mol. The minimum atomic E-state index is 0.158. The van der Waals surface area contributed by atoms with Crippen LogP contribution in [-0.4, -0.2) is 5.91 Å². The van der Waals surface area contributed by atoms with Gasteiger partial charge in [-0.05, 0) is 25.3 Å². The van der Waals surface area contributed by atoms with Gasteiger partial charge in [-0.15, -0.1) is 11.8 Å². The number of rotatable bonds is 9. The highest BCUT2D eigenvalue weighted by Gasteiger charge is 2.00. The third-order valence-electron chi connectivity index (χ3n) is 3.21. The van der Waals surface area contributed by atoms with Crippen LogP contribution >= 0.6 is 0 Å². The van der Waals surface area contributed by atoms with Gasteiger partial charge in [-0.2, -0.15) is 0 Å². The van der Waals surface area contributed by atoms with Crippen LogP contribution in [0.25, 0.3) is 0 Å². The first kappa shape index (κ1) is 16.3. The fourth-order valence-electron chi connectivity index (χ4n) is 2.04. The van der Waals surface area contributed by atoms with Gasteiger partial charge in [0, 0.05) is 19.4 Å². The number of hydrogen-bond donors (Lipinski definition) is 1. The maximum absolute atomic E-state index is 11.7. The molecule has 108 valence electrons. The monoisotopic (exact) mass is 271 g/mol. The predicted octanol–water partition coefficient (Wildman–Crippen LogP) is 4.06. The molecule has 0 aliphatic rings. The number of benzene rings is 1. The molecule has 1 N–H and O–H groups in total. The minimum Gasteiger partial charge on any atom is -0.352 e. The summed E-state index contributed by atoms with van der Waals surface area (Å²) in [7, 11) is 0. The van der Waals surface area contributed by atoms with E-state index in [9.17, 15) is 4.79 Å². The molecule has 0 aliphatic heterocycles. The van der Waals surface area contributed by atoms with Crippen molar-refractivity contribution in [2.75, 3.05) is 0 Å². The van der Waals surface area contributed by atoms with Crippen molar-refractivity contribution in [1.29, 1.82) is 0 Å². The molecule has 0 spiro atoms. The average Bonchev–Trinajstić information content (AvgIpc) is 2.49. The summed E-state index contributed by atoms with van der Waals surface area (Å²) in [6, 6.07) is 10.0. The van der Waals surface area contributed by atoms with E-state index >= 15 is 0 Å². The standard InChI is InChI=1S/C18H25NO/c1-2-3-4-5-6-7-8-12-15-18(20)19-16-17-13-10-9-11-14-17/h9-11,13-14H,4-8,12,15-16H2,1H3,(H,19,20). The smallest absolute Gasteiger partial charge is 0.220 e. The quantitative estimate of drug-likeness (QED) is 0.532. The van der Waals surface area contributed by atoms with E-state index in [1.807, 2.05) is 37.3 Å². The summed E-state index contributed by atoms with van der Waals surface area (Å²) >= 11 is 0. The van der Waals surface area contributed by atoms with Crippen molar-refractivity contribution < 1.29 is 4.79 Å². The number of hydrogen-bond acceptors (Lipinski definition) is 1. The zero-order valence-corrected chi connectivity index (χ0v) is 12.5. The minimum absolute atomic E-state index is 0.158. The van der Waals surface area contributed by atoms with Crippen LogP contribution in [0.3, 0.4) is 0 Å². The van der Waals surface area contributed by atoms with Gasteiger partial charge in [-0.3, -0.25) is 4.79 Å². The molecule has 0 radical (unpaired) electrons. The van der Waals surface area contributed by atoms with E-state index in [0.29, 0.717) is 13.0 Å². The summed E-state index contributed by atoms with van der Waals surface area (Å²) in [6.07, 6.45) is 7.38. The first-order valence-corrected chi connectivity index (χ1v) is 7.53. The molecule has 0 saturated heterocycles. The van der Waals surface area contributed by atoms with E-state index in [4.69, 9.17) is 0 Å². The highest BCUT2D eigenvalue weighted by molar-refractivity contribution is 5.75. The van der Waals surface area contributed by atoms with Crippen LogP contribution in [0.1, 0.15) is 57.4 Å². The molecule has 0 fully saturated rings.